The van der Waals surface area contributed by atoms with Crippen molar-refractivity contribution < 1.29 is 33.5 Å². The van der Waals surface area contributed by atoms with Crippen LogP contribution in [0.25, 0.3) is 0 Å². The second-order valence-corrected chi connectivity index (χ2v) is 14.8. The zero-order valence-electron chi connectivity index (χ0n) is 29.3. The molecule has 0 bridgehead atoms. The molecule has 0 spiro atoms. The summed E-state index contributed by atoms with van der Waals surface area (Å²) in [7, 11) is 0. The van der Waals surface area contributed by atoms with Crippen LogP contribution >= 0.6 is 0 Å². The van der Waals surface area contributed by atoms with Gasteiger partial charge in [0, 0.05) is 71.0 Å². The number of carbonyl (C=O) groups excluding carboxylic acids is 3. The summed E-state index contributed by atoms with van der Waals surface area (Å²) < 4.78 is 16.8. The lowest BCUT2D eigenvalue weighted by atomic mass is 10.2. The number of rotatable bonds is 9. The Morgan fingerprint density at radius 2 is 0.870 bits per heavy atom. The summed E-state index contributed by atoms with van der Waals surface area (Å²) in [6.07, 6.45) is 0. The normalized spacial score (nSPS) is 17.4. The maximum absolute atomic E-state index is 12.9. The topological polar surface area (TPSA) is 135 Å². The van der Waals surface area contributed by atoms with Crippen LogP contribution in [0.2, 0.25) is 0 Å². The average Bonchev–Trinajstić information content (AvgIpc) is 2.87. The molecule has 0 aromatic heterocycles. The fourth-order valence-corrected chi connectivity index (χ4v) is 4.86. The van der Waals surface area contributed by atoms with Crippen LogP contribution in [-0.2, 0) is 35.1 Å². The van der Waals surface area contributed by atoms with Crippen LogP contribution in [0.4, 0.5) is 5.69 Å². The molecule has 0 amide bonds. The molecule has 1 saturated heterocycles. The van der Waals surface area contributed by atoms with Crippen molar-refractivity contribution in [3.8, 4) is 0 Å². The van der Waals surface area contributed by atoms with Gasteiger partial charge in [0.15, 0.2) is 0 Å². The van der Waals surface area contributed by atoms with Gasteiger partial charge in [-0.25, -0.2) is 0 Å². The highest BCUT2D eigenvalue weighted by Gasteiger charge is 2.25. The van der Waals surface area contributed by atoms with E-state index in [0.29, 0.717) is 58.9 Å². The molecular formula is C33H55N5O8. The number of hydrogen-bond acceptors (Lipinski definition) is 12. The monoisotopic (exact) mass is 649 g/mol. The number of benzene rings is 1. The van der Waals surface area contributed by atoms with Gasteiger partial charge in [0.25, 0.3) is 5.69 Å². The number of nitrogens with zero attached hydrogens (tertiary/aromatic N) is 5. The van der Waals surface area contributed by atoms with Gasteiger partial charge in [-0.3, -0.25) is 44.1 Å². The van der Waals surface area contributed by atoms with Crippen molar-refractivity contribution in [3.63, 3.8) is 0 Å². The van der Waals surface area contributed by atoms with Crippen LogP contribution in [0.15, 0.2) is 24.3 Å². The second-order valence-electron chi connectivity index (χ2n) is 14.8. The highest BCUT2D eigenvalue weighted by atomic mass is 16.6. The maximum atomic E-state index is 12.9. The lowest BCUT2D eigenvalue weighted by Gasteiger charge is -2.34. The lowest BCUT2D eigenvalue weighted by molar-refractivity contribution is -0.384. The van der Waals surface area contributed by atoms with Crippen LogP contribution in [0, 0.1) is 10.1 Å². The van der Waals surface area contributed by atoms with Crippen molar-refractivity contribution in [2.45, 2.75) is 85.7 Å². The van der Waals surface area contributed by atoms with E-state index in [4.69, 9.17) is 14.2 Å². The molecule has 0 aliphatic carbocycles. The Morgan fingerprint density at radius 1 is 0.587 bits per heavy atom. The first kappa shape index (κ1) is 39.1. The molecule has 2 rings (SSSR count). The number of nitro groups is 1. The Morgan fingerprint density at radius 3 is 1.13 bits per heavy atom. The number of nitro benzene ring substituents is 1. The van der Waals surface area contributed by atoms with Crippen LogP contribution < -0.4 is 0 Å². The zero-order chi connectivity index (χ0) is 34.7. The Hall–Kier alpha value is -3.13. The van der Waals surface area contributed by atoms with E-state index in [1.807, 2.05) is 77.0 Å². The van der Waals surface area contributed by atoms with Crippen LogP contribution in [0.3, 0.4) is 0 Å². The van der Waals surface area contributed by atoms with Gasteiger partial charge in [-0.1, -0.05) is 12.1 Å². The van der Waals surface area contributed by atoms with E-state index < -0.39 is 21.7 Å². The van der Waals surface area contributed by atoms with E-state index in [-0.39, 0.29) is 43.2 Å². The fourth-order valence-electron chi connectivity index (χ4n) is 4.86. The molecule has 0 unspecified atom stereocenters. The van der Waals surface area contributed by atoms with E-state index in [1.54, 1.807) is 12.1 Å². The van der Waals surface area contributed by atoms with E-state index in [9.17, 15) is 24.5 Å². The lowest BCUT2D eigenvalue weighted by Crippen LogP contribution is -2.49. The third-order valence-electron chi connectivity index (χ3n) is 6.80. The SMILES string of the molecule is CC(C)(C)OC(=O)CN1CCN(CC(=O)OC(C)(C)C)CCN(Cc2ccc([N+](=O)[O-])cc2)CCN(CC(=O)OC(C)(C)C)CC1. The van der Waals surface area contributed by atoms with Gasteiger partial charge in [-0.15, -0.1) is 0 Å². The highest BCUT2D eigenvalue weighted by Crippen LogP contribution is 2.15. The fraction of sp³-hybridized carbons (Fsp3) is 0.727. The molecule has 1 aromatic carbocycles. The van der Waals surface area contributed by atoms with Crippen LogP contribution in [0.5, 0.6) is 0 Å². The minimum Gasteiger partial charge on any atom is -0.459 e. The van der Waals surface area contributed by atoms with Gasteiger partial charge >= 0.3 is 17.9 Å². The Bertz CT molecular complexity index is 1110. The van der Waals surface area contributed by atoms with Gasteiger partial charge in [-0.2, -0.15) is 0 Å². The van der Waals surface area contributed by atoms with Crippen molar-refractivity contribution >= 4 is 23.6 Å². The molecule has 1 heterocycles. The molecule has 13 heteroatoms. The molecule has 0 saturated carbocycles. The van der Waals surface area contributed by atoms with Gasteiger partial charge in [0.1, 0.15) is 16.8 Å². The van der Waals surface area contributed by atoms with Gasteiger partial charge < -0.3 is 14.2 Å². The number of carbonyl (C=O) groups is 3. The summed E-state index contributed by atoms with van der Waals surface area (Å²) in [4.78, 5) is 57.5. The van der Waals surface area contributed by atoms with E-state index in [2.05, 4.69) is 4.90 Å². The zero-order valence-corrected chi connectivity index (χ0v) is 29.3. The quantitative estimate of drug-likeness (QED) is 0.168. The third-order valence-corrected chi connectivity index (χ3v) is 6.80. The highest BCUT2D eigenvalue weighted by molar-refractivity contribution is 5.73. The molecule has 1 fully saturated rings. The number of non-ortho nitro benzene ring substituents is 1. The molecule has 13 nitrogen and oxygen atoms in total. The molecule has 260 valence electrons. The van der Waals surface area contributed by atoms with Crippen molar-refractivity contribution in [1.29, 1.82) is 0 Å². The summed E-state index contributed by atoms with van der Waals surface area (Å²) in [6.45, 7) is 21.5. The molecule has 0 atom stereocenters. The van der Waals surface area contributed by atoms with Crippen LogP contribution in [-0.4, -0.2) is 131 Å². The predicted octanol–water partition coefficient (Wildman–Crippen LogP) is 3.34. The summed E-state index contributed by atoms with van der Waals surface area (Å²) in [6, 6.07) is 6.49. The van der Waals surface area contributed by atoms with Gasteiger partial charge in [-0.05, 0) is 67.9 Å². The van der Waals surface area contributed by atoms with Crippen molar-refractivity contribution in [2.24, 2.45) is 0 Å². The summed E-state index contributed by atoms with van der Waals surface area (Å²) in [5, 5.41) is 11.2. The summed E-state index contributed by atoms with van der Waals surface area (Å²) in [5.74, 6) is -1.00. The molecule has 1 aromatic rings. The molecule has 0 N–H and O–H groups in total. The Kier molecular flexibility index (Phi) is 14.6. The van der Waals surface area contributed by atoms with Gasteiger partial charge in [0.05, 0.1) is 24.6 Å². The van der Waals surface area contributed by atoms with E-state index in [0.717, 1.165) is 5.56 Å². The molecule has 46 heavy (non-hydrogen) atoms. The Labute approximate surface area is 274 Å². The van der Waals surface area contributed by atoms with Crippen molar-refractivity contribution in [2.75, 3.05) is 72.0 Å². The summed E-state index contributed by atoms with van der Waals surface area (Å²) >= 11 is 0. The Balaban J connectivity index is 2.31. The predicted molar refractivity (Wildman–Crippen MR) is 175 cm³/mol. The van der Waals surface area contributed by atoms with Crippen molar-refractivity contribution in [1.82, 2.24) is 19.6 Å². The maximum Gasteiger partial charge on any atom is 0.320 e. The molecule has 1 aliphatic heterocycles. The van der Waals surface area contributed by atoms with Crippen molar-refractivity contribution in [3.05, 3.63) is 39.9 Å². The standard InChI is InChI=1S/C33H55N5O8/c1-31(2,3)44-28(39)23-35-16-14-34(22-26-10-12-27(13-11-26)38(42)43)15-17-36(24-29(40)45-32(4,5)6)19-21-37(20-18-35)25-30(41)46-33(7,8)9/h10-13H,14-25H2,1-9H3. The number of ether oxygens (including phenoxy) is 3. The van der Waals surface area contributed by atoms with E-state index in [1.165, 1.54) is 12.1 Å². The third kappa shape index (κ3) is 17.0. The molecule has 1 aliphatic rings. The first-order valence-corrected chi connectivity index (χ1v) is 16.0. The minimum absolute atomic E-state index is 0.0282. The first-order chi connectivity index (χ1) is 21.2. The minimum atomic E-state index is -0.623. The first-order valence-electron chi connectivity index (χ1n) is 16.0. The second kappa shape index (κ2) is 17.1. The molecule has 0 radical (unpaired) electrons. The number of esters is 3. The van der Waals surface area contributed by atoms with Gasteiger partial charge in [0.2, 0.25) is 0 Å². The average molecular weight is 650 g/mol. The summed E-state index contributed by atoms with van der Waals surface area (Å²) in [5.41, 5.74) is -0.918. The largest absolute Gasteiger partial charge is 0.459 e. The number of hydrogen-bond donors (Lipinski definition) is 0. The van der Waals surface area contributed by atoms with Crippen LogP contribution in [0.1, 0.15) is 67.9 Å². The van der Waals surface area contributed by atoms with E-state index >= 15 is 0 Å². The molecular weight excluding hydrogens is 594 g/mol. The smallest absolute Gasteiger partial charge is 0.320 e.